The van der Waals surface area contributed by atoms with Crippen molar-refractivity contribution in [2.75, 3.05) is 51.8 Å². The van der Waals surface area contributed by atoms with Crippen molar-refractivity contribution >= 4 is 23.5 Å². The molecule has 15 heteroatoms. The Labute approximate surface area is 269 Å². The first-order chi connectivity index (χ1) is 21.8. The minimum atomic E-state index is -5.08. The summed E-state index contributed by atoms with van der Waals surface area (Å²) in [6.45, 7) is 9.96. The summed E-state index contributed by atoms with van der Waals surface area (Å²) in [5, 5.41) is 14.2. The van der Waals surface area contributed by atoms with Gasteiger partial charge in [-0.1, -0.05) is 44.2 Å². The number of halogens is 6. The van der Waals surface area contributed by atoms with Crippen molar-refractivity contribution in [3.63, 3.8) is 0 Å². The summed E-state index contributed by atoms with van der Waals surface area (Å²) in [4.78, 5) is 37.8. The van der Waals surface area contributed by atoms with Crippen molar-refractivity contribution in [2.45, 2.75) is 52.0 Å². The van der Waals surface area contributed by atoms with E-state index in [1.807, 2.05) is 43.3 Å². The molecule has 2 aromatic carbocycles. The van der Waals surface area contributed by atoms with Gasteiger partial charge >= 0.3 is 24.3 Å². The Morgan fingerprint density at radius 2 is 1.34 bits per heavy atom. The van der Waals surface area contributed by atoms with Crippen molar-refractivity contribution in [2.24, 2.45) is 11.3 Å². The highest BCUT2D eigenvalue weighted by Gasteiger charge is 2.42. The Morgan fingerprint density at radius 3 is 1.85 bits per heavy atom. The van der Waals surface area contributed by atoms with Gasteiger partial charge in [-0.3, -0.25) is 9.69 Å². The Kier molecular flexibility index (Phi) is 13.9. The molecule has 0 aliphatic carbocycles. The Hall–Kier alpha value is -4.01. The number of anilines is 1. The number of ether oxygens (including phenoxy) is 1. The van der Waals surface area contributed by atoms with Gasteiger partial charge < -0.3 is 24.7 Å². The number of benzene rings is 2. The smallest absolute Gasteiger partial charge is 0.490 e. The van der Waals surface area contributed by atoms with Gasteiger partial charge in [0.05, 0.1) is 12.2 Å². The fourth-order valence-electron chi connectivity index (χ4n) is 5.19. The van der Waals surface area contributed by atoms with Gasteiger partial charge in [0.2, 0.25) is 0 Å². The molecule has 0 saturated carbocycles. The molecule has 2 aromatic rings. The molecule has 2 aliphatic rings. The van der Waals surface area contributed by atoms with E-state index in [4.69, 9.17) is 24.5 Å². The molecule has 2 heterocycles. The van der Waals surface area contributed by atoms with Gasteiger partial charge in [-0.25, -0.2) is 9.59 Å². The number of rotatable bonds is 7. The van der Waals surface area contributed by atoms with Crippen LogP contribution in [0.4, 0.5) is 32.0 Å². The van der Waals surface area contributed by atoms with Gasteiger partial charge in [0.25, 0.3) is 5.91 Å². The average Bonchev–Trinajstić information content (AvgIpc) is 3.40. The molecule has 2 N–H and O–H groups in total. The second kappa shape index (κ2) is 16.7. The average molecular weight is 678 g/mol. The second-order valence-corrected chi connectivity index (χ2v) is 12.1. The van der Waals surface area contributed by atoms with E-state index in [1.54, 1.807) is 0 Å². The SMILES string of the molecule is CC(C)COc1ccccc1CN1CCC2(CC1)CCN(C(=O)c1ccccc1N(C)C)C2.O=C(O)C(F)(F)F.O=C(O)C(F)(F)F. The summed E-state index contributed by atoms with van der Waals surface area (Å²) in [6.07, 6.45) is -6.74. The number of carboxylic acid groups (broad SMARTS) is 2. The monoisotopic (exact) mass is 677 g/mol. The van der Waals surface area contributed by atoms with E-state index in [2.05, 4.69) is 47.9 Å². The number of piperidine rings is 1. The number of para-hydroxylation sites is 2. The maximum absolute atomic E-state index is 13.3. The molecule has 1 spiro atoms. The first kappa shape index (κ1) is 39.2. The number of aliphatic carboxylic acids is 2. The third-order valence-corrected chi connectivity index (χ3v) is 7.68. The van der Waals surface area contributed by atoms with E-state index < -0.39 is 24.3 Å². The third kappa shape index (κ3) is 12.3. The molecule has 47 heavy (non-hydrogen) atoms. The zero-order valence-electron chi connectivity index (χ0n) is 26.7. The number of carbonyl (C=O) groups is 3. The highest BCUT2D eigenvalue weighted by molar-refractivity contribution is 6.00. The third-order valence-electron chi connectivity index (χ3n) is 7.68. The van der Waals surface area contributed by atoms with Crippen molar-refractivity contribution in [1.82, 2.24) is 9.80 Å². The van der Waals surface area contributed by atoms with Crippen molar-refractivity contribution < 1.29 is 55.7 Å². The number of carbonyl (C=O) groups excluding carboxylic acids is 1. The van der Waals surface area contributed by atoms with Crippen LogP contribution < -0.4 is 9.64 Å². The molecule has 0 aromatic heterocycles. The molecule has 0 radical (unpaired) electrons. The zero-order valence-corrected chi connectivity index (χ0v) is 26.7. The number of amides is 1. The van der Waals surface area contributed by atoms with Gasteiger partial charge in [0.15, 0.2) is 0 Å². The van der Waals surface area contributed by atoms with E-state index in [-0.39, 0.29) is 11.3 Å². The number of carboxylic acids is 2. The molecule has 9 nitrogen and oxygen atoms in total. The van der Waals surface area contributed by atoms with Crippen LogP contribution in [0.3, 0.4) is 0 Å². The molecular formula is C32H41F6N3O6. The van der Waals surface area contributed by atoms with Crippen LogP contribution in [0.5, 0.6) is 5.75 Å². The van der Waals surface area contributed by atoms with Crippen LogP contribution in [0, 0.1) is 11.3 Å². The van der Waals surface area contributed by atoms with Gasteiger partial charge in [-0.2, -0.15) is 26.3 Å². The second-order valence-electron chi connectivity index (χ2n) is 12.1. The molecule has 4 rings (SSSR count). The molecule has 2 fully saturated rings. The lowest BCUT2D eigenvalue weighted by molar-refractivity contribution is -0.193. The topological polar surface area (TPSA) is 111 Å². The number of hydrogen-bond donors (Lipinski definition) is 2. The van der Waals surface area contributed by atoms with Crippen LogP contribution in [0.1, 0.15) is 49.0 Å². The summed E-state index contributed by atoms with van der Waals surface area (Å²) < 4.78 is 69.5. The first-order valence-corrected chi connectivity index (χ1v) is 14.8. The molecular weight excluding hydrogens is 636 g/mol. The van der Waals surface area contributed by atoms with Crippen molar-refractivity contribution in [3.8, 4) is 5.75 Å². The summed E-state index contributed by atoms with van der Waals surface area (Å²) in [7, 11) is 4.00. The van der Waals surface area contributed by atoms with Crippen LogP contribution in [-0.2, 0) is 16.1 Å². The number of nitrogens with zero attached hydrogens (tertiary/aromatic N) is 3. The molecule has 2 saturated heterocycles. The quantitative estimate of drug-likeness (QED) is 0.335. The number of hydrogen-bond acceptors (Lipinski definition) is 6. The molecule has 0 bridgehead atoms. The number of alkyl halides is 6. The Morgan fingerprint density at radius 1 is 0.851 bits per heavy atom. The van der Waals surface area contributed by atoms with Crippen LogP contribution in [0.25, 0.3) is 0 Å². The van der Waals surface area contributed by atoms with Gasteiger partial charge in [-0.05, 0) is 61.9 Å². The van der Waals surface area contributed by atoms with Crippen LogP contribution in [0.2, 0.25) is 0 Å². The lowest BCUT2D eigenvalue weighted by Gasteiger charge is -2.39. The van der Waals surface area contributed by atoms with E-state index >= 15 is 0 Å². The van der Waals surface area contributed by atoms with Crippen LogP contribution in [0.15, 0.2) is 48.5 Å². The maximum atomic E-state index is 13.3. The molecule has 0 unspecified atom stereocenters. The zero-order chi connectivity index (χ0) is 35.6. The van der Waals surface area contributed by atoms with Gasteiger partial charge in [0.1, 0.15) is 5.75 Å². The van der Waals surface area contributed by atoms with Crippen molar-refractivity contribution in [1.29, 1.82) is 0 Å². The molecule has 0 atom stereocenters. The fraction of sp³-hybridized carbons (Fsp3) is 0.531. The van der Waals surface area contributed by atoms with Crippen molar-refractivity contribution in [3.05, 3.63) is 59.7 Å². The highest BCUT2D eigenvalue weighted by atomic mass is 19.4. The molecule has 262 valence electrons. The molecule has 2 aliphatic heterocycles. The fourth-order valence-corrected chi connectivity index (χ4v) is 5.19. The predicted octanol–water partition coefficient (Wildman–Crippen LogP) is 6.18. The highest BCUT2D eigenvalue weighted by Crippen LogP contribution is 2.41. The van der Waals surface area contributed by atoms with E-state index in [0.717, 1.165) is 75.6 Å². The maximum Gasteiger partial charge on any atom is 0.490 e. The largest absolute Gasteiger partial charge is 0.493 e. The lowest BCUT2D eigenvalue weighted by atomic mass is 9.77. The molecule has 1 amide bonds. The Balaban J connectivity index is 0.000000459. The standard InChI is InChI=1S/C28H39N3O2.2C2HF3O2/c1-22(2)20-33-26-12-8-5-9-23(26)19-30-16-13-28(14-17-30)15-18-31(21-28)27(32)24-10-6-7-11-25(24)29(3)4;2*3-2(4,5)1(6)7/h5-12,22H,13-21H2,1-4H3;2*(H,6,7). The van der Waals surface area contributed by atoms with Crippen LogP contribution in [-0.4, -0.2) is 97.1 Å². The summed E-state index contributed by atoms with van der Waals surface area (Å²) in [5.74, 6) is -3.80. The Bertz CT molecular complexity index is 1320. The number of likely N-dealkylation sites (tertiary alicyclic amines) is 2. The normalized spacial score (nSPS) is 16.1. The van der Waals surface area contributed by atoms with Gasteiger partial charge in [-0.15, -0.1) is 0 Å². The van der Waals surface area contributed by atoms with E-state index in [1.165, 1.54) is 5.56 Å². The summed E-state index contributed by atoms with van der Waals surface area (Å²) >= 11 is 0. The predicted molar refractivity (Wildman–Crippen MR) is 162 cm³/mol. The minimum absolute atomic E-state index is 0.176. The van der Waals surface area contributed by atoms with Gasteiger partial charge in [0, 0.05) is 45.0 Å². The minimum Gasteiger partial charge on any atom is -0.493 e. The van der Waals surface area contributed by atoms with E-state index in [0.29, 0.717) is 5.92 Å². The summed E-state index contributed by atoms with van der Waals surface area (Å²) in [6, 6.07) is 16.4. The lowest BCUT2D eigenvalue weighted by Crippen LogP contribution is -2.42. The summed E-state index contributed by atoms with van der Waals surface area (Å²) in [5.41, 5.74) is 3.36. The van der Waals surface area contributed by atoms with E-state index in [9.17, 15) is 31.1 Å². The van der Waals surface area contributed by atoms with Crippen LogP contribution >= 0.6 is 0 Å². The first-order valence-electron chi connectivity index (χ1n) is 14.8.